The number of rotatable bonds is 19. The van der Waals surface area contributed by atoms with E-state index in [0.717, 1.165) is 37.7 Å². The number of imidazole rings is 1. The number of nitrogens with zero attached hydrogens (tertiary/aromatic N) is 3. The Bertz CT molecular complexity index is 1620. The van der Waals surface area contributed by atoms with Gasteiger partial charge in [0, 0.05) is 58.4 Å². The number of benzene rings is 1. The number of amides is 4. The molecule has 15 nitrogen and oxygen atoms in total. The summed E-state index contributed by atoms with van der Waals surface area (Å²) in [5.41, 5.74) is 0.719. The summed E-state index contributed by atoms with van der Waals surface area (Å²) in [6, 6.07) is 6.11. The maximum atomic E-state index is 14.6. The molecule has 4 rings (SSSR count). The van der Waals surface area contributed by atoms with Crippen LogP contribution >= 0.6 is 0 Å². The second-order valence-corrected chi connectivity index (χ2v) is 17.7. The Kier molecular flexibility index (Phi) is 18.2. The normalized spacial score (nSPS) is 17.9. The SMILES string of the molecule is CC(C)C(O)CC(O)[C@H](CC1CCCCC1)NC(=O)[C@H](Cc1c[nH]cn1)N(C)C(=O)[C@H](Cc1ccccc1)NC(=O)N1CCC(OC(=O)CCC(=O)OC(C)(C)C)CC1. The Morgan fingerprint density at radius 2 is 1.58 bits per heavy atom. The van der Waals surface area contributed by atoms with Gasteiger partial charge in [0.1, 0.15) is 23.8 Å². The van der Waals surface area contributed by atoms with Gasteiger partial charge in [0.25, 0.3) is 0 Å². The van der Waals surface area contributed by atoms with Crippen molar-refractivity contribution in [2.75, 3.05) is 20.1 Å². The van der Waals surface area contributed by atoms with Crippen LogP contribution in [0.3, 0.4) is 0 Å². The van der Waals surface area contributed by atoms with Gasteiger partial charge in [-0.15, -0.1) is 0 Å². The van der Waals surface area contributed by atoms with Gasteiger partial charge in [-0.1, -0.05) is 76.3 Å². The number of aliphatic hydroxyl groups excluding tert-OH is 2. The van der Waals surface area contributed by atoms with Gasteiger partial charge in [-0.25, -0.2) is 9.78 Å². The van der Waals surface area contributed by atoms with E-state index in [1.54, 1.807) is 38.9 Å². The smallest absolute Gasteiger partial charge is 0.318 e. The van der Waals surface area contributed by atoms with Crippen molar-refractivity contribution < 1.29 is 43.7 Å². The number of esters is 2. The van der Waals surface area contributed by atoms with Crippen LogP contribution in [0.25, 0.3) is 0 Å². The highest BCUT2D eigenvalue weighted by molar-refractivity contribution is 5.92. The first-order chi connectivity index (χ1) is 28.0. The third kappa shape index (κ3) is 15.9. The first kappa shape index (κ1) is 47.2. The van der Waals surface area contributed by atoms with Crippen LogP contribution in [0.1, 0.15) is 117 Å². The van der Waals surface area contributed by atoms with E-state index in [1.807, 2.05) is 44.2 Å². The second-order valence-electron chi connectivity index (χ2n) is 17.7. The van der Waals surface area contributed by atoms with Gasteiger partial charge in [0.2, 0.25) is 11.8 Å². The lowest BCUT2D eigenvalue weighted by atomic mass is 9.82. The number of carbonyl (C=O) groups excluding carboxylic acids is 5. The molecule has 2 fully saturated rings. The molecule has 1 aromatic heterocycles. The zero-order valence-corrected chi connectivity index (χ0v) is 35.9. The second kappa shape index (κ2) is 22.8. The summed E-state index contributed by atoms with van der Waals surface area (Å²) in [7, 11) is 1.54. The van der Waals surface area contributed by atoms with Gasteiger partial charge in [0.15, 0.2) is 0 Å². The van der Waals surface area contributed by atoms with Crippen molar-refractivity contribution in [2.24, 2.45) is 11.8 Å². The monoisotopic (exact) mass is 825 g/mol. The van der Waals surface area contributed by atoms with E-state index in [1.165, 1.54) is 11.2 Å². The Balaban J connectivity index is 1.46. The molecule has 1 aromatic carbocycles. The average Bonchev–Trinajstić information content (AvgIpc) is 3.72. The fourth-order valence-electron chi connectivity index (χ4n) is 7.77. The molecule has 2 aliphatic rings. The molecular weight excluding hydrogens is 757 g/mol. The third-order valence-electron chi connectivity index (χ3n) is 11.3. The van der Waals surface area contributed by atoms with Gasteiger partial charge in [0.05, 0.1) is 43.1 Å². The average molecular weight is 825 g/mol. The van der Waals surface area contributed by atoms with Crippen molar-refractivity contribution in [1.29, 1.82) is 0 Å². The highest BCUT2D eigenvalue weighted by atomic mass is 16.6. The highest BCUT2D eigenvalue weighted by Crippen LogP contribution is 2.29. The molecule has 1 saturated carbocycles. The van der Waals surface area contributed by atoms with Crippen LogP contribution in [-0.2, 0) is 41.5 Å². The molecule has 1 aliphatic carbocycles. The van der Waals surface area contributed by atoms with E-state index < -0.39 is 71.8 Å². The predicted octanol–water partition coefficient (Wildman–Crippen LogP) is 4.45. The van der Waals surface area contributed by atoms with Gasteiger partial charge in [-0.3, -0.25) is 19.2 Å². The van der Waals surface area contributed by atoms with Gasteiger partial charge < -0.3 is 45.1 Å². The van der Waals surface area contributed by atoms with Crippen LogP contribution < -0.4 is 10.6 Å². The number of piperidine rings is 1. The molecule has 59 heavy (non-hydrogen) atoms. The number of nitrogens with one attached hydrogen (secondary N) is 3. The summed E-state index contributed by atoms with van der Waals surface area (Å²) < 4.78 is 10.9. The van der Waals surface area contributed by atoms with Crippen molar-refractivity contribution in [2.45, 2.75) is 160 Å². The quantitative estimate of drug-likeness (QED) is 0.126. The standard InChI is InChI=1S/C44H68N6O9/c1-29(2)37(51)26-38(52)34(23-30-13-9-7-10-14-30)47-41(55)36(25-32-27-45-28-46-32)49(6)42(56)35(24-31-15-11-8-12-16-31)48-43(57)50-21-19-33(20-22-50)58-39(53)17-18-40(54)59-44(3,4)5/h8,11-12,15-16,27-30,33-38,51-52H,7,9-10,13-14,17-26H2,1-6H3,(H,45,46)(H,47,55)(H,48,57)/t34-,35-,36-,37?,38?/m0/s1. The number of aromatic amines is 1. The molecular formula is C44H68N6O9. The van der Waals surface area contributed by atoms with Gasteiger partial charge >= 0.3 is 18.0 Å². The Hall–Kier alpha value is -4.50. The van der Waals surface area contributed by atoms with Crippen LogP contribution in [0.5, 0.6) is 0 Å². The predicted molar refractivity (Wildman–Crippen MR) is 222 cm³/mol. The number of ether oxygens (including phenoxy) is 2. The number of likely N-dealkylation sites (tertiary alicyclic amines) is 1. The molecule has 1 saturated heterocycles. The van der Waals surface area contributed by atoms with Gasteiger partial charge in [-0.05, 0) is 44.6 Å². The summed E-state index contributed by atoms with van der Waals surface area (Å²) in [6.45, 7) is 9.59. The van der Waals surface area contributed by atoms with Crippen LogP contribution in [0.15, 0.2) is 42.9 Å². The van der Waals surface area contributed by atoms with Crippen LogP contribution in [-0.4, -0.2) is 122 Å². The van der Waals surface area contributed by atoms with E-state index in [2.05, 4.69) is 20.6 Å². The zero-order valence-electron chi connectivity index (χ0n) is 35.9. The fourth-order valence-corrected chi connectivity index (χ4v) is 7.77. The van der Waals surface area contributed by atoms with E-state index in [0.29, 0.717) is 30.9 Å². The molecule has 4 amide bonds. The number of hydrogen-bond donors (Lipinski definition) is 5. The summed E-state index contributed by atoms with van der Waals surface area (Å²) in [5, 5.41) is 28.1. The minimum Gasteiger partial charge on any atom is -0.462 e. The minimum atomic E-state index is -1.04. The molecule has 5 atom stereocenters. The topological polar surface area (TPSA) is 203 Å². The number of likely N-dealkylation sites (N-methyl/N-ethyl adjacent to an activating group) is 1. The number of H-pyrrole nitrogens is 1. The molecule has 2 aromatic rings. The molecule has 328 valence electrons. The number of urea groups is 1. The maximum absolute atomic E-state index is 14.6. The summed E-state index contributed by atoms with van der Waals surface area (Å²) in [6.07, 6.45) is 7.81. The number of carbonyl (C=O) groups is 5. The first-order valence-electron chi connectivity index (χ1n) is 21.4. The van der Waals surface area contributed by atoms with E-state index in [-0.39, 0.29) is 51.1 Å². The van der Waals surface area contributed by atoms with Crippen molar-refractivity contribution >= 4 is 29.8 Å². The highest BCUT2D eigenvalue weighted by Gasteiger charge is 2.37. The largest absolute Gasteiger partial charge is 0.462 e. The van der Waals surface area contributed by atoms with Crippen molar-refractivity contribution in [3.63, 3.8) is 0 Å². The Labute approximate surface area is 349 Å². The van der Waals surface area contributed by atoms with Crippen LogP contribution in [0, 0.1) is 11.8 Å². The number of aromatic nitrogens is 2. The van der Waals surface area contributed by atoms with Gasteiger partial charge in [-0.2, -0.15) is 0 Å². The molecule has 0 bridgehead atoms. The van der Waals surface area contributed by atoms with Crippen LogP contribution in [0.2, 0.25) is 0 Å². The first-order valence-corrected chi connectivity index (χ1v) is 21.4. The molecule has 15 heteroatoms. The van der Waals surface area contributed by atoms with Crippen molar-refractivity contribution in [1.82, 2.24) is 30.4 Å². The van der Waals surface area contributed by atoms with E-state index in [4.69, 9.17) is 9.47 Å². The number of aliphatic hydroxyl groups is 2. The molecule has 2 unspecified atom stereocenters. The summed E-state index contributed by atoms with van der Waals surface area (Å²) >= 11 is 0. The van der Waals surface area contributed by atoms with Crippen LogP contribution in [0.4, 0.5) is 4.79 Å². The Morgan fingerprint density at radius 3 is 2.19 bits per heavy atom. The molecule has 0 spiro atoms. The Morgan fingerprint density at radius 1 is 0.915 bits per heavy atom. The summed E-state index contributed by atoms with van der Waals surface area (Å²) in [5.74, 6) is -1.69. The van der Waals surface area contributed by atoms with Crippen molar-refractivity contribution in [3.8, 4) is 0 Å². The van der Waals surface area contributed by atoms with E-state index in [9.17, 15) is 34.2 Å². The lowest BCUT2D eigenvalue weighted by Gasteiger charge is -2.36. The lowest BCUT2D eigenvalue weighted by Crippen LogP contribution is -2.59. The minimum absolute atomic E-state index is 0.0743. The van der Waals surface area contributed by atoms with Crippen molar-refractivity contribution in [3.05, 3.63) is 54.1 Å². The lowest BCUT2D eigenvalue weighted by molar-refractivity contribution is -0.160. The molecule has 1 aliphatic heterocycles. The maximum Gasteiger partial charge on any atom is 0.318 e. The molecule has 5 N–H and O–H groups in total. The fraction of sp³-hybridized carbons (Fsp3) is 0.682. The molecule has 2 heterocycles. The van der Waals surface area contributed by atoms with E-state index >= 15 is 0 Å². The molecule has 0 radical (unpaired) electrons. The number of hydrogen-bond acceptors (Lipinski definition) is 10. The summed E-state index contributed by atoms with van der Waals surface area (Å²) in [4.78, 5) is 77.5. The zero-order chi connectivity index (χ0) is 43.1. The third-order valence-corrected chi connectivity index (χ3v) is 11.3.